The van der Waals surface area contributed by atoms with E-state index in [0.29, 0.717) is 55.2 Å². The topological polar surface area (TPSA) is 405 Å². The maximum absolute atomic E-state index is 13.6. The Morgan fingerprint density at radius 1 is 0.566 bits per heavy atom. The summed E-state index contributed by atoms with van der Waals surface area (Å²) in [7, 11) is -15.5. The summed E-state index contributed by atoms with van der Waals surface area (Å²) in [6.45, 7) is -1.08. The van der Waals surface area contributed by atoms with E-state index in [-0.39, 0.29) is 43.1 Å². The first kappa shape index (κ1) is 55.5. The van der Waals surface area contributed by atoms with Crippen molar-refractivity contribution in [3.05, 3.63) is 125 Å². The second-order valence-electron chi connectivity index (χ2n) is 17.0. The van der Waals surface area contributed by atoms with Crippen molar-refractivity contribution in [1.29, 1.82) is 0 Å². The Bertz CT molecular complexity index is 3590. The first-order valence-corrected chi connectivity index (χ1v) is 27.5. The van der Waals surface area contributed by atoms with Crippen molar-refractivity contribution in [2.45, 2.75) is 31.0 Å². The van der Waals surface area contributed by atoms with E-state index >= 15 is 0 Å². The fraction of sp³-hybridized carbons (Fsp3) is 0.255. The Labute approximate surface area is 432 Å². The van der Waals surface area contributed by atoms with Gasteiger partial charge in [0.15, 0.2) is 0 Å². The molecule has 29 heteroatoms. The first-order valence-electron chi connectivity index (χ1n) is 22.7. The molecule has 5 aromatic rings. The van der Waals surface area contributed by atoms with Crippen molar-refractivity contribution >= 4 is 77.1 Å². The van der Waals surface area contributed by atoms with Crippen LogP contribution in [0.5, 0.6) is 11.5 Å². The van der Waals surface area contributed by atoms with Crippen LogP contribution >= 0.6 is 0 Å². The number of carbonyl (C=O) groups is 6. The predicted octanol–water partition coefficient (Wildman–Crippen LogP) is -0.963. The molecule has 4 bridgehead atoms. The minimum Gasteiger partial charge on any atom is -0.478 e. The summed E-state index contributed by atoms with van der Waals surface area (Å²) in [5.74, 6) is -11.7. The quantitative estimate of drug-likeness (QED) is 0.0738. The zero-order valence-electron chi connectivity index (χ0n) is 39.5. The standard InChI is InChI=1S/C47H47N9O17S3/c57-41-9-15-50-34-21-39-32(19-30(34)26-5-11-48-12-6-26)43(28-3-1-2-4-29(28)47(62)63)33-20-31(27-7-13-49-14-8-27)35(22-40(33)73-39)51-16-10-42(58)54-37(24-75(67,68)69)45(60)56-38(25-76(70,71)72)46(61)55-36(23-74(64,65)66)44(59)53-18-17-52-41/h1-8,11-14,19-22,36-38,51H,9-10,15-18,23-25H2,(H,52,57)(H,53,59)(H,54,58)(H,55,61)(H,56,60)(H,62,63)(H,64,65,66)(H,67,68,69)(H,70,71,72). The number of ether oxygens (including phenoxy) is 1. The first-order chi connectivity index (χ1) is 35.9. The highest BCUT2D eigenvalue weighted by Crippen LogP contribution is 2.43. The Balaban J connectivity index is 1.36. The largest absolute Gasteiger partial charge is 0.478 e. The number of carboxylic acid groups (broad SMARTS) is 1. The van der Waals surface area contributed by atoms with Gasteiger partial charge in [-0.15, -0.1) is 0 Å². The van der Waals surface area contributed by atoms with Gasteiger partial charge in [-0.3, -0.25) is 52.6 Å². The number of pyridine rings is 2. The van der Waals surface area contributed by atoms with Gasteiger partial charge in [0, 0.05) is 109 Å². The molecular weight excluding hydrogens is 1060 g/mol. The van der Waals surface area contributed by atoms with E-state index in [4.69, 9.17) is 9.73 Å². The molecule has 3 aromatic carbocycles. The summed E-state index contributed by atoms with van der Waals surface area (Å²) in [5, 5.41) is 25.0. The molecule has 7 rings (SSSR count). The number of nitrogens with zero attached hydrogens (tertiary/aromatic N) is 3. The molecule has 3 atom stereocenters. The second-order valence-corrected chi connectivity index (χ2v) is 21.5. The van der Waals surface area contributed by atoms with Gasteiger partial charge in [-0.25, -0.2) is 4.79 Å². The number of rotatable bonds is 10. The summed E-state index contributed by atoms with van der Waals surface area (Å²) in [4.78, 5) is 92.8. The zero-order chi connectivity index (χ0) is 55.0. The summed E-state index contributed by atoms with van der Waals surface area (Å²) < 4.78 is 108. The number of amides is 5. The normalized spacial score (nSPS) is 18.5. The fourth-order valence-corrected chi connectivity index (χ4v) is 10.1. The van der Waals surface area contributed by atoms with Crippen LogP contribution in [0.2, 0.25) is 0 Å². The van der Waals surface area contributed by atoms with E-state index in [1.165, 1.54) is 18.5 Å². The number of benzene rings is 3. The predicted molar refractivity (Wildman–Crippen MR) is 269 cm³/mol. The van der Waals surface area contributed by atoms with Gasteiger partial charge in [-0.05, 0) is 59.2 Å². The minimum atomic E-state index is -5.23. The molecule has 0 aliphatic carbocycles. The number of aromatic carboxylic acids is 1. The van der Waals surface area contributed by atoms with E-state index in [0.717, 1.165) is 0 Å². The number of carbonyl (C=O) groups excluding carboxylic acids is 5. The molecular formula is C47H47N9O17S3. The van der Waals surface area contributed by atoms with Crippen LogP contribution in [0.15, 0.2) is 103 Å². The lowest BCUT2D eigenvalue weighted by Crippen LogP contribution is -2.60. The molecule has 2 aliphatic heterocycles. The molecule has 0 saturated carbocycles. The Morgan fingerprint density at radius 2 is 1.12 bits per heavy atom. The van der Waals surface area contributed by atoms with Crippen molar-refractivity contribution in [3.8, 4) is 33.8 Å². The third-order valence-corrected chi connectivity index (χ3v) is 13.7. The number of carboxylic acids is 1. The highest BCUT2D eigenvalue weighted by atomic mass is 32.2. The number of hydrogen-bond acceptors (Lipinski definition) is 17. The third kappa shape index (κ3) is 14.8. The molecule has 2 aliphatic rings. The van der Waals surface area contributed by atoms with Gasteiger partial charge in [0.25, 0.3) is 30.4 Å². The molecule has 0 fully saturated rings. The molecule has 400 valence electrons. The monoisotopic (exact) mass is 1110 g/mol. The van der Waals surface area contributed by atoms with E-state index in [9.17, 15) is 72.8 Å². The van der Waals surface area contributed by atoms with Crippen molar-refractivity contribution < 1.29 is 77.5 Å². The lowest BCUT2D eigenvalue weighted by atomic mass is 9.87. The van der Waals surface area contributed by atoms with Crippen molar-refractivity contribution in [3.63, 3.8) is 0 Å². The lowest BCUT2D eigenvalue weighted by Gasteiger charge is -2.25. The molecule has 10 N–H and O–H groups in total. The molecule has 2 aromatic heterocycles. The SMILES string of the molecule is O=C1CCN=c2cc3c(cc2-c2ccncc2)=C(c2ccccc2C(=O)O)c2cc(-c4ccncc4)c(cc2O3)NCCC(=O)NC(CS(=O)(=O)O)C(=O)NC(CS(=O)(=O)O)C(=O)NC(CS(=O)(=O)O)C(=O)NCCN1. The molecule has 4 heterocycles. The Hall–Kier alpha value is -8.22. The van der Waals surface area contributed by atoms with E-state index in [2.05, 4.69) is 31.2 Å². The fourth-order valence-electron chi connectivity index (χ4n) is 8.14. The van der Waals surface area contributed by atoms with Crippen LogP contribution in [0.4, 0.5) is 5.69 Å². The number of fused-ring (bicyclic) bond motifs is 2. The molecule has 0 saturated heterocycles. The highest BCUT2D eigenvalue weighted by molar-refractivity contribution is 7.86. The maximum atomic E-state index is 13.6. The molecule has 0 spiro atoms. The Kier molecular flexibility index (Phi) is 17.2. The summed E-state index contributed by atoms with van der Waals surface area (Å²) >= 11 is 0. The molecule has 5 amide bonds. The van der Waals surface area contributed by atoms with Gasteiger partial charge in [-0.2, -0.15) is 25.3 Å². The van der Waals surface area contributed by atoms with Gasteiger partial charge in [0.2, 0.25) is 29.5 Å². The van der Waals surface area contributed by atoms with Crippen LogP contribution in [0.25, 0.3) is 27.8 Å². The number of hydrogen-bond donors (Lipinski definition) is 10. The zero-order valence-corrected chi connectivity index (χ0v) is 41.9. The molecule has 0 radical (unpaired) electrons. The molecule has 76 heavy (non-hydrogen) atoms. The summed E-state index contributed by atoms with van der Waals surface area (Å²) in [6.07, 6.45) is 5.40. The minimum absolute atomic E-state index is 0.0481. The van der Waals surface area contributed by atoms with Crippen LogP contribution in [-0.4, -0.2) is 151 Å². The van der Waals surface area contributed by atoms with Crippen LogP contribution in [0, 0.1) is 0 Å². The van der Waals surface area contributed by atoms with Crippen LogP contribution in [0.1, 0.15) is 34.3 Å². The maximum Gasteiger partial charge on any atom is 0.336 e. The van der Waals surface area contributed by atoms with E-state index in [1.54, 1.807) is 79.1 Å². The van der Waals surface area contributed by atoms with Gasteiger partial charge in [-0.1, -0.05) is 18.2 Å². The van der Waals surface area contributed by atoms with E-state index < -0.39 is 114 Å². The number of aromatic nitrogens is 2. The van der Waals surface area contributed by atoms with Gasteiger partial charge in [0.1, 0.15) is 46.9 Å². The van der Waals surface area contributed by atoms with Crippen molar-refractivity contribution in [1.82, 2.24) is 36.6 Å². The van der Waals surface area contributed by atoms with E-state index in [1.807, 2.05) is 10.6 Å². The van der Waals surface area contributed by atoms with Gasteiger partial charge >= 0.3 is 5.97 Å². The Morgan fingerprint density at radius 3 is 1.71 bits per heavy atom. The average Bonchev–Trinajstić information content (AvgIpc) is 3.35. The van der Waals surface area contributed by atoms with Crippen LogP contribution < -0.4 is 47.2 Å². The van der Waals surface area contributed by atoms with Gasteiger partial charge in [0.05, 0.1) is 10.9 Å². The summed E-state index contributed by atoms with van der Waals surface area (Å²) in [5.41, 5.74) is 3.72. The third-order valence-electron chi connectivity index (χ3n) is 11.5. The smallest absolute Gasteiger partial charge is 0.336 e. The second kappa shape index (κ2) is 23.5. The molecule has 26 nitrogen and oxygen atoms in total. The van der Waals surface area contributed by atoms with Crippen LogP contribution in [0.3, 0.4) is 0 Å². The van der Waals surface area contributed by atoms with Crippen LogP contribution in [-0.2, 0) is 54.3 Å². The lowest BCUT2D eigenvalue weighted by molar-refractivity contribution is -0.132. The van der Waals surface area contributed by atoms with Crippen molar-refractivity contribution in [2.24, 2.45) is 4.99 Å². The summed E-state index contributed by atoms with van der Waals surface area (Å²) in [6, 6.07) is 13.0. The average molecular weight is 1110 g/mol. The number of anilines is 1. The van der Waals surface area contributed by atoms with Crippen molar-refractivity contribution in [2.75, 3.05) is 48.8 Å². The number of nitrogens with one attached hydrogen (secondary N) is 6. The molecule has 3 unspecified atom stereocenters. The van der Waals surface area contributed by atoms with Gasteiger partial charge < -0.3 is 41.7 Å². The highest BCUT2D eigenvalue weighted by Gasteiger charge is 2.35.